The van der Waals surface area contributed by atoms with Gasteiger partial charge in [-0.3, -0.25) is 0 Å². The molecule has 180 valence electrons. The number of nitrogens with one attached hydrogen (secondary N) is 1. The number of ether oxygens (including phenoxy) is 2. The third-order valence-corrected chi connectivity index (χ3v) is 7.76. The molecular formula is C27H22BrCl2NO4. The topological polar surface area (TPSA) is 67.8 Å². The first-order valence-corrected chi connectivity index (χ1v) is 12.7. The maximum absolute atomic E-state index is 11.9. The van der Waals surface area contributed by atoms with Crippen LogP contribution in [0.25, 0.3) is 0 Å². The maximum atomic E-state index is 11.9. The Bertz CT molecular complexity index is 1330. The van der Waals surface area contributed by atoms with E-state index in [4.69, 9.17) is 32.7 Å². The van der Waals surface area contributed by atoms with E-state index in [0.717, 1.165) is 27.6 Å². The van der Waals surface area contributed by atoms with E-state index in [9.17, 15) is 9.90 Å². The number of fused-ring (bicyclic) bond motifs is 3. The molecule has 2 aliphatic rings. The second-order valence-corrected chi connectivity index (χ2v) is 10.3. The normalized spacial score (nSPS) is 20.1. The molecule has 1 heterocycles. The van der Waals surface area contributed by atoms with Crippen molar-refractivity contribution < 1.29 is 19.4 Å². The predicted molar refractivity (Wildman–Crippen MR) is 141 cm³/mol. The van der Waals surface area contributed by atoms with Gasteiger partial charge in [-0.15, -0.1) is 0 Å². The third kappa shape index (κ3) is 4.51. The predicted octanol–water partition coefficient (Wildman–Crippen LogP) is 7.87. The minimum atomic E-state index is -0.955. The smallest absolute Gasteiger partial charge is 0.336 e. The average Bonchev–Trinajstić information content (AvgIpc) is 3.33. The lowest BCUT2D eigenvalue weighted by Crippen LogP contribution is -2.30. The van der Waals surface area contributed by atoms with E-state index in [1.165, 1.54) is 0 Å². The molecule has 0 radical (unpaired) electrons. The van der Waals surface area contributed by atoms with Crippen LogP contribution in [-0.4, -0.2) is 18.2 Å². The van der Waals surface area contributed by atoms with Gasteiger partial charge in [-0.2, -0.15) is 0 Å². The fourth-order valence-electron chi connectivity index (χ4n) is 4.99. The van der Waals surface area contributed by atoms with Crippen LogP contribution in [0.2, 0.25) is 10.0 Å². The Kier molecular flexibility index (Phi) is 6.71. The van der Waals surface area contributed by atoms with E-state index in [2.05, 4.69) is 33.4 Å². The number of halogens is 3. The number of carbonyl (C=O) groups is 1. The van der Waals surface area contributed by atoms with Crippen LogP contribution in [0.15, 0.2) is 65.2 Å². The highest BCUT2D eigenvalue weighted by Gasteiger charge is 2.41. The zero-order valence-corrected chi connectivity index (χ0v) is 21.8. The van der Waals surface area contributed by atoms with Crippen molar-refractivity contribution in [1.82, 2.24) is 0 Å². The van der Waals surface area contributed by atoms with E-state index >= 15 is 0 Å². The quantitative estimate of drug-likeness (QED) is 0.293. The third-order valence-electron chi connectivity index (χ3n) is 6.61. The van der Waals surface area contributed by atoms with Crippen LogP contribution in [0.1, 0.15) is 45.4 Å². The highest BCUT2D eigenvalue weighted by molar-refractivity contribution is 9.10. The second-order valence-electron chi connectivity index (χ2n) is 8.61. The molecule has 0 fully saturated rings. The summed E-state index contributed by atoms with van der Waals surface area (Å²) in [7, 11) is 1.61. The summed E-state index contributed by atoms with van der Waals surface area (Å²) >= 11 is 16.2. The van der Waals surface area contributed by atoms with Crippen LogP contribution < -0.4 is 14.8 Å². The summed E-state index contributed by atoms with van der Waals surface area (Å²) in [4.78, 5) is 11.9. The molecule has 3 aromatic carbocycles. The number of anilines is 1. The zero-order valence-electron chi connectivity index (χ0n) is 18.7. The Hall–Kier alpha value is -2.67. The number of carboxylic acids is 1. The van der Waals surface area contributed by atoms with Crippen molar-refractivity contribution in [3.05, 3.63) is 97.5 Å². The SMILES string of the molecule is COc1cc([C@@H]2Nc3c(Cl)ccc(C(=O)O)c3[C@H]3C=CC[C@H]32)cc(Br)c1OCc1ccc(Cl)cc1. The van der Waals surface area contributed by atoms with Crippen molar-refractivity contribution >= 4 is 50.8 Å². The number of benzene rings is 3. The molecule has 5 nitrogen and oxygen atoms in total. The molecular weight excluding hydrogens is 553 g/mol. The van der Waals surface area contributed by atoms with E-state index in [-0.39, 0.29) is 23.4 Å². The molecule has 1 aliphatic heterocycles. The fourth-order valence-corrected chi connectivity index (χ4v) is 5.91. The lowest BCUT2D eigenvalue weighted by molar-refractivity contribution is 0.0695. The van der Waals surface area contributed by atoms with Gasteiger partial charge < -0.3 is 19.9 Å². The lowest BCUT2D eigenvalue weighted by Gasteiger charge is -2.38. The van der Waals surface area contributed by atoms with Gasteiger partial charge in [0.15, 0.2) is 11.5 Å². The van der Waals surface area contributed by atoms with Gasteiger partial charge in [0.1, 0.15) is 6.61 Å². The van der Waals surface area contributed by atoms with Crippen molar-refractivity contribution in [2.75, 3.05) is 12.4 Å². The summed E-state index contributed by atoms with van der Waals surface area (Å²) in [6.45, 7) is 0.364. The molecule has 0 saturated heterocycles. The summed E-state index contributed by atoms with van der Waals surface area (Å²) in [6, 6.07) is 14.6. The van der Waals surface area contributed by atoms with Crippen LogP contribution in [-0.2, 0) is 6.61 Å². The largest absolute Gasteiger partial charge is 0.493 e. The van der Waals surface area contributed by atoms with Gasteiger partial charge in [0.25, 0.3) is 0 Å². The van der Waals surface area contributed by atoms with E-state index in [1.807, 2.05) is 36.4 Å². The highest BCUT2D eigenvalue weighted by Crippen LogP contribution is 2.53. The van der Waals surface area contributed by atoms with Gasteiger partial charge in [-0.05, 0) is 81.4 Å². The standard InChI is InChI=1S/C27H22BrCl2NO4/c1-34-22-12-15(11-20(28)26(22)35-13-14-5-7-16(29)8-6-14)24-18-4-2-3-17(18)23-19(27(32)33)9-10-21(30)25(23)31-24/h2-3,5-12,17-18,24,31H,4,13H2,1H3,(H,32,33)/t17-,18+,24-/m0/s1. The van der Waals surface area contributed by atoms with Gasteiger partial charge in [-0.1, -0.05) is 47.5 Å². The number of hydrogen-bond acceptors (Lipinski definition) is 4. The molecule has 0 spiro atoms. The summed E-state index contributed by atoms with van der Waals surface area (Å²) in [5, 5.41) is 14.5. The fraction of sp³-hybridized carbons (Fsp3) is 0.222. The van der Waals surface area contributed by atoms with Gasteiger partial charge in [0.2, 0.25) is 0 Å². The summed E-state index contributed by atoms with van der Waals surface area (Å²) in [5.41, 5.74) is 3.67. The molecule has 1 aliphatic carbocycles. The number of rotatable bonds is 6. The number of carboxylic acid groups (broad SMARTS) is 1. The number of hydrogen-bond donors (Lipinski definition) is 2. The van der Waals surface area contributed by atoms with Crippen LogP contribution in [0.4, 0.5) is 5.69 Å². The molecule has 35 heavy (non-hydrogen) atoms. The summed E-state index contributed by atoms with van der Waals surface area (Å²) < 4.78 is 12.6. The maximum Gasteiger partial charge on any atom is 0.336 e. The highest BCUT2D eigenvalue weighted by atomic mass is 79.9. The van der Waals surface area contributed by atoms with Gasteiger partial charge in [0.05, 0.1) is 33.9 Å². The van der Waals surface area contributed by atoms with Gasteiger partial charge in [0, 0.05) is 10.9 Å². The Morgan fingerprint density at radius 3 is 2.66 bits per heavy atom. The Labute approximate surface area is 221 Å². The molecule has 0 amide bonds. The van der Waals surface area contributed by atoms with Crippen LogP contribution in [0.3, 0.4) is 0 Å². The summed E-state index contributed by atoms with van der Waals surface area (Å²) in [6.07, 6.45) is 5.03. The lowest BCUT2D eigenvalue weighted by atomic mass is 9.75. The molecule has 8 heteroatoms. The monoisotopic (exact) mass is 573 g/mol. The molecule has 2 N–H and O–H groups in total. The molecule has 0 unspecified atom stereocenters. The van der Waals surface area contributed by atoms with Gasteiger partial charge in [-0.25, -0.2) is 4.79 Å². The number of allylic oxidation sites excluding steroid dienone is 2. The van der Waals surface area contributed by atoms with Crippen molar-refractivity contribution in [1.29, 1.82) is 0 Å². The minimum Gasteiger partial charge on any atom is -0.493 e. The minimum absolute atomic E-state index is 0.0494. The first-order valence-electron chi connectivity index (χ1n) is 11.1. The Balaban J connectivity index is 1.49. The Morgan fingerprint density at radius 1 is 1.17 bits per heavy atom. The van der Waals surface area contributed by atoms with Crippen molar-refractivity contribution in [2.24, 2.45) is 5.92 Å². The van der Waals surface area contributed by atoms with Crippen LogP contribution in [0.5, 0.6) is 11.5 Å². The van der Waals surface area contributed by atoms with Crippen LogP contribution in [0, 0.1) is 5.92 Å². The summed E-state index contributed by atoms with van der Waals surface area (Å²) in [5.74, 6) is 0.338. The molecule has 5 rings (SSSR count). The molecule has 0 aromatic heterocycles. The van der Waals surface area contributed by atoms with E-state index in [1.54, 1.807) is 19.2 Å². The van der Waals surface area contributed by atoms with E-state index in [0.29, 0.717) is 33.8 Å². The van der Waals surface area contributed by atoms with Crippen molar-refractivity contribution in [3.63, 3.8) is 0 Å². The number of methoxy groups -OCH3 is 1. The van der Waals surface area contributed by atoms with Crippen molar-refractivity contribution in [3.8, 4) is 11.5 Å². The average molecular weight is 575 g/mol. The zero-order chi connectivity index (χ0) is 24.7. The molecule has 0 saturated carbocycles. The molecule has 3 aromatic rings. The van der Waals surface area contributed by atoms with Crippen molar-refractivity contribution in [2.45, 2.75) is 25.0 Å². The number of aromatic carboxylic acids is 1. The first kappa shape index (κ1) is 24.0. The van der Waals surface area contributed by atoms with Gasteiger partial charge >= 0.3 is 5.97 Å². The Morgan fingerprint density at radius 2 is 1.94 bits per heavy atom. The second kappa shape index (κ2) is 9.76. The first-order chi connectivity index (χ1) is 16.9. The van der Waals surface area contributed by atoms with Crippen LogP contribution >= 0.6 is 39.1 Å². The molecule has 3 atom stereocenters. The van der Waals surface area contributed by atoms with E-state index < -0.39 is 5.97 Å². The molecule has 0 bridgehead atoms.